The van der Waals surface area contributed by atoms with Crippen LogP contribution in [0.3, 0.4) is 0 Å². The Morgan fingerprint density at radius 3 is 2.54 bits per heavy atom. The molecule has 4 rings (SSSR count). The van der Waals surface area contributed by atoms with Gasteiger partial charge in [-0.25, -0.2) is 0 Å². The molecule has 2 aliphatic rings. The summed E-state index contributed by atoms with van der Waals surface area (Å²) in [5, 5.41) is 3.01. The molecule has 1 aliphatic heterocycles. The van der Waals surface area contributed by atoms with Gasteiger partial charge in [0.25, 0.3) is 5.91 Å². The van der Waals surface area contributed by atoms with Gasteiger partial charge in [0.15, 0.2) is 0 Å². The zero-order chi connectivity index (χ0) is 17.8. The Morgan fingerprint density at radius 1 is 1.04 bits per heavy atom. The van der Waals surface area contributed by atoms with E-state index in [1.807, 2.05) is 18.2 Å². The molecule has 0 saturated heterocycles. The van der Waals surface area contributed by atoms with E-state index in [1.54, 1.807) is 12.4 Å². The summed E-state index contributed by atoms with van der Waals surface area (Å²) >= 11 is 0. The van der Waals surface area contributed by atoms with E-state index in [2.05, 4.69) is 27.3 Å². The predicted octanol–water partition coefficient (Wildman–Crippen LogP) is 3.35. The van der Waals surface area contributed by atoms with Gasteiger partial charge in [-0.15, -0.1) is 0 Å². The first-order valence-electron chi connectivity index (χ1n) is 9.82. The number of rotatable bonds is 4. The molecule has 2 aromatic rings. The normalized spacial score (nSPS) is 18.3. The molecule has 4 heteroatoms. The first-order chi connectivity index (χ1) is 12.8. The Bertz CT molecular complexity index is 753. The second-order valence-electron chi connectivity index (χ2n) is 7.50. The number of fused-ring (bicyclic) bond motifs is 1. The Labute approximate surface area is 155 Å². The number of aromatic nitrogens is 1. The van der Waals surface area contributed by atoms with Crippen LogP contribution in [0, 0.1) is 0 Å². The maximum absolute atomic E-state index is 12.5. The van der Waals surface area contributed by atoms with Crippen LogP contribution in [0.5, 0.6) is 0 Å². The van der Waals surface area contributed by atoms with Gasteiger partial charge in [-0.05, 0) is 66.6 Å². The third-order valence-electron chi connectivity index (χ3n) is 5.85. The molecule has 0 bridgehead atoms. The van der Waals surface area contributed by atoms with Crippen LogP contribution >= 0.6 is 0 Å². The van der Waals surface area contributed by atoms with Crippen LogP contribution in [0.4, 0.5) is 0 Å². The third kappa shape index (κ3) is 3.96. The van der Waals surface area contributed by atoms with E-state index in [1.165, 1.54) is 36.8 Å². The molecular weight excluding hydrogens is 322 g/mol. The largest absolute Gasteiger partial charge is 0.348 e. The minimum absolute atomic E-state index is 0.00140. The van der Waals surface area contributed by atoms with Gasteiger partial charge in [0.1, 0.15) is 0 Å². The van der Waals surface area contributed by atoms with Crippen molar-refractivity contribution in [3.63, 3.8) is 0 Å². The van der Waals surface area contributed by atoms with Crippen molar-refractivity contribution >= 4 is 5.91 Å². The fourth-order valence-corrected chi connectivity index (χ4v) is 4.30. The fourth-order valence-electron chi connectivity index (χ4n) is 4.30. The summed E-state index contributed by atoms with van der Waals surface area (Å²) in [7, 11) is 0. The van der Waals surface area contributed by atoms with Gasteiger partial charge >= 0.3 is 0 Å². The topological polar surface area (TPSA) is 45.2 Å². The summed E-state index contributed by atoms with van der Waals surface area (Å²) in [5.74, 6) is 0.00140. The zero-order valence-corrected chi connectivity index (χ0v) is 15.3. The smallest absolute Gasteiger partial charge is 0.251 e. The van der Waals surface area contributed by atoms with Gasteiger partial charge in [-0.2, -0.15) is 0 Å². The molecule has 136 valence electrons. The highest BCUT2D eigenvalue weighted by atomic mass is 16.1. The lowest BCUT2D eigenvalue weighted by molar-refractivity contribution is 0.0951. The van der Waals surface area contributed by atoms with Crippen molar-refractivity contribution in [2.24, 2.45) is 0 Å². The number of hydrogen-bond acceptors (Lipinski definition) is 3. The second kappa shape index (κ2) is 8.00. The van der Waals surface area contributed by atoms with E-state index in [0.717, 1.165) is 43.1 Å². The number of pyridine rings is 1. The first kappa shape index (κ1) is 17.2. The van der Waals surface area contributed by atoms with E-state index in [-0.39, 0.29) is 5.91 Å². The SMILES string of the molecule is O=C(NCc1ccncc1)c1ccc2c(c1)CCN(C1CCCC1)CC2. The minimum Gasteiger partial charge on any atom is -0.348 e. The minimum atomic E-state index is 0.00140. The van der Waals surface area contributed by atoms with Gasteiger partial charge in [0, 0.05) is 43.6 Å². The molecule has 2 heterocycles. The lowest BCUT2D eigenvalue weighted by Crippen LogP contribution is -2.35. The van der Waals surface area contributed by atoms with E-state index < -0.39 is 0 Å². The average molecular weight is 349 g/mol. The predicted molar refractivity (Wildman–Crippen MR) is 103 cm³/mol. The Kier molecular flexibility index (Phi) is 5.30. The molecule has 1 aromatic carbocycles. The van der Waals surface area contributed by atoms with E-state index in [4.69, 9.17) is 0 Å². The van der Waals surface area contributed by atoms with Crippen molar-refractivity contribution in [1.29, 1.82) is 0 Å². The number of nitrogens with zero attached hydrogens (tertiary/aromatic N) is 2. The van der Waals surface area contributed by atoms with Gasteiger partial charge < -0.3 is 5.32 Å². The molecule has 0 spiro atoms. The highest BCUT2D eigenvalue weighted by Gasteiger charge is 2.24. The third-order valence-corrected chi connectivity index (χ3v) is 5.85. The van der Waals surface area contributed by atoms with Crippen molar-refractivity contribution < 1.29 is 4.79 Å². The molecular formula is C22H27N3O. The zero-order valence-electron chi connectivity index (χ0n) is 15.3. The number of carbonyl (C=O) groups excluding carboxylic acids is 1. The van der Waals surface area contributed by atoms with Crippen LogP contribution in [-0.2, 0) is 19.4 Å². The van der Waals surface area contributed by atoms with E-state index >= 15 is 0 Å². The molecule has 0 unspecified atom stereocenters. The Morgan fingerprint density at radius 2 is 1.77 bits per heavy atom. The molecule has 0 radical (unpaired) electrons. The number of benzene rings is 1. The lowest BCUT2D eigenvalue weighted by Gasteiger charge is -2.26. The summed E-state index contributed by atoms with van der Waals surface area (Å²) < 4.78 is 0. The first-order valence-corrected chi connectivity index (χ1v) is 9.82. The van der Waals surface area contributed by atoms with Gasteiger partial charge in [0.2, 0.25) is 0 Å². The second-order valence-corrected chi connectivity index (χ2v) is 7.50. The number of amides is 1. The van der Waals surface area contributed by atoms with Crippen LogP contribution in [-0.4, -0.2) is 34.9 Å². The van der Waals surface area contributed by atoms with Crippen molar-refractivity contribution in [1.82, 2.24) is 15.2 Å². The number of carbonyl (C=O) groups is 1. The Balaban J connectivity index is 1.40. The quantitative estimate of drug-likeness (QED) is 0.921. The summed E-state index contributed by atoms with van der Waals surface area (Å²) in [4.78, 5) is 19.2. The number of nitrogens with one attached hydrogen (secondary N) is 1. The number of hydrogen-bond donors (Lipinski definition) is 1. The van der Waals surface area contributed by atoms with Gasteiger partial charge in [-0.1, -0.05) is 18.9 Å². The van der Waals surface area contributed by atoms with Crippen LogP contribution in [0.25, 0.3) is 0 Å². The molecule has 1 aliphatic carbocycles. The highest BCUT2D eigenvalue weighted by Crippen LogP contribution is 2.26. The van der Waals surface area contributed by atoms with Gasteiger partial charge in [-0.3, -0.25) is 14.7 Å². The fraction of sp³-hybridized carbons (Fsp3) is 0.455. The van der Waals surface area contributed by atoms with Crippen LogP contribution in [0.15, 0.2) is 42.7 Å². The molecule has 1 fully saturated rings. The molecule has 1 aromatic heterocycles. The lowest BCUT2D eigenvalue weighted by atomic mass is 10.00. The van der Waals surface area contributed by atoms with Crippen LogP contribution in [0.1, 0.15) is 52.7 Å². The van der Waals surface area contributed by atoms with Crippen molar-refractivity contribution in [2.45, 2.75) is 51.1 Å². The maximum Gasteiger partial charge on any atom is 0.251 e. The average Bonchev–Trinajstić information content (AvgIpc) is 3.14. The summed E-state index contributed by atoms with van der Waals surface area (Å²) in [6.07, 6.45) is 11.1. The monoisotopic (exact) mass is 349 g/mol. The Hall–Kier alpha value is -2.20. The van der Waals surface area contributed by atoms with Crippen LogP contribution in [0.2, 0.25) is 0 Å². The van der Waals surface area contributed by atoms with Crippen molar-refractivity contribution in [2.75, 3.05) is 13.1 Å². The molecule has 4 nitrogen and oxygen atoms in total. The molecule has 0 atom stereocenters. The van der Waals surface area contributed by atoms with E-state index in [0.29, 0.717) is 6.54 Å². The molecule has 1 N–H and O–H groups in total. The van der Waals surface area contributed by atoms with Gasteiger partial charge in [0.05, 0.1) is 0 Å². The summed E-state index contributed by atoms with van der Waals surface area (Å²) in [6.45, 7) is 2.82. The summed E-state index contributed by atoms with van der Waals surface area (Å²) in [5.41, 5.74) is 4.60. The molecule has 1 amide bonds. The summed E-state index contributed by atoms with van der Waals surface area (Å²) in [6, 6.07) is 10.9. The standard InChI is InChI=1S/C22H27N3O/c26-22(24-16-17-7-11-23-12-8-17)20-6-5-18-9-13-25(14-10-19(18)15-20)21-3-1-2-4-21/h5-8,11-12,15,21H,1-4,9-10,13-14,16H2,(H,24,26). The van der Waals surface area contributed by atoms with Crippen LogP contribution < -0.4 is 5.32 Å². The molecule has 26 heavy (non-hydrogen) atoms. The van der Waals surface area contributed by atoms with Crippen molar-refractivity contribution in [3.05, 3.63) is 65.0 Å². The van der Waals surface area contributed by atoms with E-state index in [9.17, 15) is 4.79 Å². The molecule has 1 saturated carbocycles. The maximum atomic E-state index is 12.5. The van der Waals surface area contributed by atoms with Crippen molar-refractivity contribution in [3.8, 4) is 0 Å². The highest BCUT2D eigenvalue weighted by molar-refractivity contribution is 5.94.